The summed E-state index contributed by atoms with van der Waals surface area (Å²) in [6, 6.07) is 21.9. The number of rotatable bonds is 1. The molecule has 0 bridgehead atoms. The molecule has 1 aromatic heterocycles. The van der Waals surface area contributed by atoms with Crippen LogP contribution in [0.5, 0.6) is 0 Å². The van der Waals surface area contributed by atoms with Crippen molar-refractivity contribution in [3.8, 4) is 0 Å². The first-order chi connectivity index (χ1) is 14.2. The fraction of sp³-hybridized carbons (Fsp3) is 0.280. The first-order valence-electron chi connectivity index (χ1n) is 10.4. The van der Waals surface area contributed by atoms with E-state index in [1.54, 1.807) is 0 Å². The number of ether oxygens (including phenoxy) is 1. The highest BCUT2D eigenvalue weighted by atomic mass is 35.5. The van der Waals surface area contributed by atoms with Gasteiger partial charge in [0, 0.05) is 57.7 Å². The lowest BCUT2D eigenvalue weighted by molar-refractivity contribution is -0.0381. The molecule has 3 aromatic carbocycles. The highest BCUT2D eigenvalue weighted by Gasteiger charge is 2.40. The summed E-state index contributed by atoms with van der Waals surface area (Å²) in [5.41, 5.74) is 6.21. The molecule has 0 amide bonds. The van der Waals surface area contributed by atoms with Gasteiger partial charge in [-0.3, -0.25) is 0 Å². The Morgan fingerprint density at radius 3 is 2.79 bits per heavy atom. The van der Waals surface area contributed by atoms with Crippen LogP contribution in [-0.2, 0) is 11.8 Å². The number of aryl methyl sites for hydroxylation is 1. The molecule has 2 aliphatic heterocycles. The molecule has 0 saturated carbocycles. The number of anilines is 1. The van der Waals surface area contributed by atoms with Crippen molar-refractivity contribution in [2.75, 3.05) is 11.9 Å². The summed E-state index contributed by atoms with van der Waals surface area (Å²) in [4.78, 5) is 0. The molecule has 29 heavy (non-hydrogen) atoms. The van der Waals surface area contributed by atoms with Crippen LogP contribution in [0.2, 0.25) is 5.02 Å². The Hall–Kier alpha value is -2.49. The molecule has 6 rings (SSSR count). The number of para-hydroxylation sites is 1. The third kappa shape index (κ3) is 2.61. The van der Waals surface area contributed by atoms with E-state index >= 15 is 0 Å². The summed E-state index contributed by atoms with van der Waals surface area (Å²) in [6.07, 6.45) is 2.36. The number of fused-ring (bicyclic) bond motifs is 6. The van der Waals surface area contributed by atoms with E-state index in [0.29, 0.717) is 5.92 Å². The number of nitrogens with one attached hydrogen (secondary N) is 1. The summed E-state index contributed by atoms with van der Waals surface area (Å²) in [6.45, 7) is 0.822. The predicted octanol–water partition coefficient (Wildman–Crippen LogP) is 6.62. The molecule has 3 atom stereocenters. The van der Waals surface area contributed by atoms with Gasteiger partial charge in [-0.2, -0.15) is 0 Å². The largest absolute Gasteiger partial charge is 0.378 e. The maximum absolute atomic E-state index is 6.30. The Bertz CT molecular complexity index is 1240. The monoisotopic (exact) mass is 402 g/mol. The number of benzene rings is 3. The molecule has 0 aliphatic carbocycles. The van der Waals surface area contributed by atoms with Gasteiger partial charge in [-0.1, -0.05) is 35.9 Å². The van der Waals surface area contributed by atoms with Gasteiger partial charge in [0.05, 0.1) is 12.1 Å². The Morgan fingerprint density at radius 2 is 1.86 bits per heavy atom. The van der Waals surface area contributed by atoms with Crippen LogP contribution in [0.25, 0.3) is 21.8 Å². The van der Waals surface area contributed by atoms with Crippen LogP contribution < -0.4 is 5.32 Å². The lowest BCUT2D eigenvalue weighted by atomic mass is 9.77. The second-order valence-electron chi connectivity index (χ2n) is 8.30. The van der Waals surface area contributed by atoms with Crippen LogP contribution in [0.1, 0.15) is 36.1 Å². The van der Waals surface area contributed by atoms with Crippen LogP contribution in [0.15, 0.2) is 60.7 Å². The molecule has 2 aliphatic rings. The van der Waals surface area contributed by atoms with Gasteiger partial charge in [-0.15, -0.1) is 0 Å². The van der Waals surface area contributed by atoms with E-state index < -0.39 is 0 Å². The molecular weight excluding hydrogens is 380 g/mol. The summed E-state index contributed by atoms with van der Waals surface area (Å²) >= 11 is 6.30. The van der Waals surface area contributed by atoms with Crippen LogP contribution in [0.3, 0.4) is 0 Å². The standard InChI is InChI=1S/C25H23ClN2O/c1-28-22-7-3-2-5-17(22)19-13-15(8-11-23(19)28)24-18-6-4-12-29-25(18)20-14-16(26)9-10-21(20)27-24/h2-3,5,7-11,13-14,18,24-25,27H,4,6,12H2,1H3/t18-,24+,25-/m1/s1. The number of hydrogen-bond donors (Lipinski definition) is 1. The third-order valence-electron chi connectivity index (χ3n) is 6.72. The van der Waals surface area contributed by atoms with Crippen molar-refractivity contribution in [2.24, 2.45) is 13.0 Å². The van der Waals surface area contributed by atoms with Gasteiger partial charge in [0.15, 0.2) is 0 Å². The Morgan fingerprint density at radius 1 is 1.00 bits per heavy atom. The molecule has 3 nitrogen and oxygen atoms in total. The SMILES string of the molecule is Cn1c2ccccc2c2cc([C@@H]3Nc4ccc(Cl)cc4[C@@H]4OCCC[C@H]34)ccc21. The summed E-state index contributed by atoms with van der Waals surface area (Å²) in [7, 11) is 2.15. The van der Waals surface area contributed by atoms with Crippen LogP contribution in [0, 0.1) is 5.92 Å². The Kier molecular flexibility index (Phi) is 3.90. The van der Waals surface area contributed by atoms with Gasteiger partial charge in [-0.05, 0) is 54.8 Å². The number of aromatic nitrogens is 1. The Balaban J connectivity index is 1.51. The van der Waals surface area contributed by atoms with Crippen molar-refractivity contribution in [1.82, 2.24) is 4.57 Å². The molecule has 0 spiro atoms. The number of halogens is 1. The van der Waals surface area contributed by atoms with Gasteiger partial charge in [0.1, 0.15) is 0 Å². The van der Waals surface area contributed by atoms with E-state index in [0.717, 1.165) is 30.2 Å². The summed E-state index contributed by atoms with van der Waals surface area (Å²) in [5, 5.41) is 7.21. The van der Waals surface area contributed by atoms with E-state index in [1.807, 2.05) is 6.07 Å². The van der Waals surface area contributed by atoms with Crippen molar-refractivity contribution >= 4 is 39.1 Å². The zero-order valence-corrected chi connectivity index (χ0v) is 17.1. The van der Waals surface area contributed by atoms with Crippen LogP contribution >= 0.6 is 11.6 Å². The average molecular weight is 403 g/mol. The first kappa shape index (κ1) is 17.4. The quantitative estimate of drug-likeness (QED) is 0.387. The maximum Gasteiger partial charge on any atom is 0.0896 e. The maximum atomic E-state index is 6.30. The predicted molar refractivity (Wildman–Crippen MR) is 120 cm³/mol. The van der Waals surface area contributed by atoms with Gasteiger partial charge in [0.25, 0.3) is 0 Å². The van der Waals surface area contributed by atoms with Crippen molar-refractivity contribution in [2.45, 2.75) is 25.0 Å². The molecule has 1 fully saturated rings. The lowest BCUT2D eigenvalue weighted by Crippen LogP contribution is -2.36. The van der Waals surface area contributed by atoms with E-state index in [2.05, 4.69) is 71.5 Å². The van der Waals surface area contributed by atoms with Gasteiger partial charge in [-0.25, -0.2) is 0 Å². The molecule has 0 unspecified atom stereocenters. The molecule has 3 heterocycles. The molecule has 1 saturated heterocycles. The van der Waals surface area contributed by atoms with Crippen LogP contribution in [-0.4, -0.2) is 11.2 Å². The second kappa shape index (κ2) is 6.51. The minimum absolute atomic E-state index is 0.104. The zero-order chi connectivity index (χ0) is 19.5. The third-order valence-corrected chi connectivity index (χ3v) is 6.96. The van der Waals surface area contributed by atoms with E-state index in [4.69, 9.17) is 16.3 Å². The highest BCUT2D eigenvalue weighted by molar-refractivity contribution is 6.30. The molecule has 4 aromatic rings. The summed E-state index contributed by atoms with van der Waals surface area (Å²) in [5.74, 6) is 0.405. The van der Waals surface area contributed by atoms with Crippen molar-refractivity contribution in [1.29, 1.82) is 0 Å². The first-order valence-corrected chi connectivity index (χ1v) is 10.7. The number of nitrogens with zero attached hydrogens (tertiary/aromatic N) is 1. The van der Waals surface area contributed by atoms with Gasteiger partial charge in [0.2, 0.25) is 0 Å². The van der Waals surface area contributed by atoms with E-state index in [9.17, 15) is 0 Å². The normalized spacial score (nSPS) is 23.6. The summed E-state index contributed by atoms with van der Waals surface area (Å²) < 4.78 is 8.56. The Labute approximate surface area is 175 Å². The molecule has 146 valence electrons. The van der Waals surface area contributed by atoms with Crippen molar-refractivity contribution in [3.05, 3.63) is 76.8 Å². The smallest absolute Gasteiger partial charge is 0.0896 e. The molecular formula is C25H23ClN2O. The van der Waals surface area contributed by atoms with E-state index in [1.165, 1.54) is 32.9 Å². The van der Waals surface area contributed by atoms with Crippen molar-refractivity contribution < 1.29 is 4.74 Å². The number of hydrogen-bond acceptors (Lipinski definition) is 2. The fourth-order valence-electron chi connectivity index (χ4n) is 5.35. The van der Waals surface area contributed by atoms with Crippen molar-refractivity contribution in [3.63, 3.8) is 0 Å². The highest BCUT2D eigenvalue weighted by Crippen LogP contribution is 2.50. The molecule has 4 heteroatoms. The van der Waals surface area contributed by atoms with E-state index in [-0.39, 0.29) is 12.1 Å². The molecule has 1 N–H and O–H groups in total. The van der Waals surface area contributed by atoms with Crippen LogP contribution in [0.4, 0.5) is 5.69 Å². The fourth-order valence-corrected chi connectivity index (χ4v) is 5.53. The average Bonchev–Trinajstić information content (AvgIpc) is 3.05. The second-order valence-corrected chi connectivity index (χ2v) is 8.74. The zero-order valence-electron chi connectivity index (χ0n) is 16.4. The minimum atomic E-state index is 0.104. The molecule has 0 radical (unpaired) electrons. The van der Waals surface area contributed by atoms with Gasteiger partial charge >= 0.3 is 0 Å². The minimum Gasteiger partial charge on any atom is -0.378 e. The topological polar surface area (TPSA) is 26.2 Å². The van der Waals surface area contributed by atoms with Gasteiger partial charge < -0.3 is 14.6 Å². The lowest BCUT2D eigenvalue weighted by Gasteiger charge is -2.43.